The molecule has 3 fully saturated rings. The molecule has 3 aromatic carbocycles. The number of amides is 5. The summed E-state index contributed by atoms with van der Waals surface area (Å²) in [6.07, 6.45) is 6.05. The fraction of sp³-hybridized carbons (Fsp3) is 0.429. The quantitative estimate of drug-likeness (QED) is 0.221. The van der Waals surface area contributed by atoms with Crippen molar-refractivity contribution in [3.8, 4) is 0 Å². The number of benzene rings is 3. The minimum atomic E-state index is -0.959. The van der Waals surface area contributed by atoms with Crippen LogP contribution in [-0.4, -0.2) is 84.1 Å². The molecule has 284 valence electrons. The molecule has 0 spiro atoms. The average molecular weight is 762 g/mol. The summed E-state index contributed by atoms with van der Waals surface area (Å²) in [4.78, 5) is 75.3. The van der Waals surface area contributed by atoms with E-state index in [1.165, 1.54) is 0 Å². The predicted octanol–water partition coefficient (Wildman–Crippen LogP) is 5.70. The summed E-state index contributed by atoms with van der Waals surface area (Å²) in [6, 6.07) is 16.7. The van der Waals surface area contributed by atoms with Gasteiger partial charge in [-0.3, -0.25) is 39.1 Å². The Bertz CT molecular complexity index is 2050. The number of anilines is 2. The van der Waals surface area contributed by atoms with Gasteiger partial charge in [0.1, 0.15) is 6.04 Å². The van der Waals surface area contributed by atoms with Crippen LogP contribution in [0.1, 0.15) is 93.6 Å². The lowest BCUT2D eigenvalue weighted by Gasteiger charge is -2.36. The number of hydrogen-bond donors (Lipinski definition) is 2. The highest BCUT2D eigenvalue weighted by Gasteiger charge is 2.45. The number of halogens is 1. The number of rotatable bonds is 8. The molecule has 1 saturated carbocycles. The first kappa shape index (κ1) is 36.7. The van der Waals surface area contributed by atoms with E-state index < -0.39 is 23.8 Å². The van der Waals surface area contributed by atoms with Crippen molar-refractivity contribution >= 4 is 58.2 Å². The van der Waals surface area contributed by atoms with E-state index in [1.807, 2.05) is 48.5 Å². The number of imide groups is 2. The summed E-state index contributed by atoms with van der Waals surface area (Å²) in [5.74, 6) is -1.44. The van der Waals surface area contributed by atoms with Crippen molar-refractivity contribution in [2.75, 3.05) is 36.5 Å². The van der Waals surface area contributed by atoms with Crippen LogP contribution in [0.15, 0.2) is 54.6 Å². The first-order valence-corrected chi connectivity index (χ1v) is 19.6. The summed E-state index contributed by atoms with van der Waals surface area (Å²) in [5.41, 5.74) is 6.00. The van der Waals surface area contributed by atoms with Crippen LogP contribution in [0.3, 0.4) is 0 Å². The molecule has 5 aliphatic rings. The summed E-state index contributed by atoms with van der Waals surface area (Å²) in [7, 11) is 2.06. The fourth-order valence-corrected chi connectivity index (χ4v) is 9.24. The maximum Gasteiger partial charge on any atom is 0.262 e. The summed E-state index contributed by atoms with van der Waals surface area (Å²) in [5, 5.41) is 5.97. The molecular formula is C42H44ClN7O5. The summed E-state index contributed by atoms with van der Waals surface area (Å²) >= 11 is 6.27. The van der Waals surface area contributed by atoms with E-state index in [0.29, 0.717) is 52.4 Å². The molecule has 4 heterocycles. The molecule has 8 rings (SSSR count). The second kappa shape index (κ2) is 15.1. The molecule has 13 heteroatoms. The average Bonchev–Trinajstić information content (AvgIpc) is 3.69. The molecule has 55 heavy (non-hydrogen) atoms. The molecule has 4 aliphatic heterocycles. The lowest BCUT2D eigenvalue weighted by atomic mass is 9.90. The minimum absolute atomic E-state index is 0.0409. The molecule has 2 N–H and O–H groups in total. The number of piperidine rings is 2. The number of nitrogens with zero attached hydrogens (tertiary/aromatic N) is 5. The van der Waals surface area contributed by atoms with Gasteiger partial charge in [-0.25, -0.2) is 4.85 Å². The van der Waals surface area contributed by atoms with E-state index in [2.05, 4.69) is 37.2 Å². The van der Waals surface area contributed by atoms with Gasteiger partial charge < -0.3 is 15.1 Å². The van der Waals surface area contributed by atoms with Gasteiger partial charge in [-0.15, -0.1) is 0 Å². The van der Waals surface area contributed by atoms with Gasteiger partial charge in [0.2, 0.25) is 17.5 Å². The third-order valence-electron chi connectivity index (χ3n) is 12.2. The molecule has 2 saturated heterocycles. The van der Waals surface area contributed by atoms with Crippen molar-refractivity contribution in [2.24, 2.45) is 5.92 Å². The molecule has 5 amide bonds. The third-order valence-corrected chi connectivity index (χ3v) is 12.5. The van der Waals surface area contributed by atoms with Gasteiger partial charge in [0.15, 0.2) is 0 Å². The number of carbonyl (C=O) groups is 5. The number of carbonyl (C=O) groups excluding carboxylic acids is 5. The zero-order valence-corrected chi connectivity index (χ0v) is 31.6. The van der Waals surface area contributed by atoms with E-state index in [1.54, 1.807) is 6.07 Å². The second-order valence-electron chi connectivity index (χ2n) is 15.6. The van der Waals surface area contributed by atoms with E-state index in [-0.39, 0.29) is 30.7 Å². The van der Waals surface area contributed by atoms with Gasteiger partial charge in [0.05, 0.1) is 17.7 Å². The van der Waals surface area contributed by atoms with Crippen LogP contribution in [-0.2, 0) is 22.7 Å². The first-order chi connectivity index (χ1) is 26.6. The highest BCUT2D eigenvalue weighted by molar-refractivity contribution is 6.33. The molecule has 0 radical (unpaired) electrons. The lowest BCUT2D eigenvalue weighted by molar-refractivity contribution is -0.136. The molecule has 1 unspecified atom stereocenters. The molecule has 0 aromatic heterocycles. The zero-order chi connectivity index (χ0) is 38.4. The van der Waals surface area contributed by atoms with E-state index in [4.69, 9.17) is 18.2 Å². The molecule has 1 atom stereocenters. The molecule has 12 nitrogen and oxygen atoms in total. The van der Waals surface area contributed by atoms with Gasteiger partial charge in [0.25, 0.3) is 17.7 Å². The maximum atomic E-state index is 13.3. The smallest absolute Gasteiger partial charge is 0.262 e. The van der Waals surface area contributed by atoms with E-state index in [9.17, 15) is 24.0 Å². The van der Waals surface area contributed by atoms with Crippen molar-refractivity contribution in [3.63, 3.8) is 0 Å². The Kier molecular flexibility index (Phi) is 10.1. The zero-order valence-electron chi connectivity index (χ0n) is 30.9. The van der Waals surface area contributed by atoms with Crippen LogP contribution < -0.4 is 20.4 Å². The molecular weight excluding hydrogens is 718 g/mol. The Balaban J connectivity index is 0.784. The monoisotopic (exact) mass is 761 g/mol. The maximum absolute atomic E-state index is 13.3. The Morgan fingerprint density at radius 1 is 0.891 bits per heavy atom. The first-order valence-electron chi connectivity index (χ1n) is 19.2. The van der Waals surface area contributed by atoms with Crippen LogP contribution in [0.4, 0.5) is 17.1 Å². The SMILES string of the molecule is [C-]#[N+]c1ccc(N(C)C2CCC(NC(=O)c3ccc(N4CCC(CN5Cc6cc7c(cc6C5)C(=O)N(C5CCC(=O)NC5=O)C7=O)CC4)cc3)CC2)cc1Cl. The molecule has 1 aliphatic carbocycles. The number of nitrogens with one attached hydrogen (secondary N) is 2. The topological polar surface area (TPSA) is 127 Å². The van der Waals surface area contributed by atoms with Crippen molar-refractivity contribution in [2.45, 2.75) is 82.6 Å². The van der Waals surface area contributed by atoms with Crippen LogP contribution in [0.2, 0.25) is 5.02 Å². The van der Waals surface area contributed by atoms with Gasteiger partial charge in [0, 0.05) is 80.2 Å². The lowest BCUT2D eigenvalue weighted by Crippen LogP contribution is -2.54. The van der Waals surface area contributed by atoms with Crippen LogP contribution in [0.25, 0.3) is 4.85 Å². The number of fused-ring (bicyclic) bond motifs is 2. The predicted molar refractivity (Wildman–Crippen MR) is 208 cm³/mol. The van der Waals surface area contributed by atoms with Crippen LogP contribution >= 0.6 is 11.6 Å². The van der Waals surface area contributed by atoms with Crippen molar-refractivity contribution in [3.05, 3.63) is 98.9 Å². The van der Waals surface area contributed by atoms with Gasteiger partial charge in [-0.1, -0.05) is 17.7 Å². The largest absolute Gasteiger partial charge is 0.372 e. The highest BCUT2D eigenvalue weighted by atomic mass is 35.5. The Hall–Kier alpha value is -5.25. The van der Waals surface area contributed by atoms with Gasteiger partial charge in [-0.2, -0.15) is 0 Å². The van der Waals surface area contributed by atoms with Gasteiger partial charge in [-0.05, 0) is 111 Å². The summed E-state index contributed by atoms with van der Waals surface area (Å²) < 4.78 is 0. The Labute approximate surface area is 325 Å². The van der Waals surface area contributed by atoms with Crippen LogP contribution in [0.5, 0.6) is 0 Å². The molecule has 3 aromatic rings. The Morgan fingerprint density at radius 2 is 1.55 bits per heavy atom. The van der Waals surface area contributed by atoms with Crippen molar-refractivity contribution in [1.82, 2.24) is 20.4 Å². The fourth-order valence-electron chi connectivity index (χ4n) is 9.02. The second-order valence-corrected chi connectivity index (χ2v) is 16.0. The normalized spacial score (nSPS) is 23.0. The minimum Gasteiger partial charge on any atom is -0.372 e. The van der Waals surface area contributed by atoms with Gasteiger partial charge >= 0.3 is 0 Å². The van der Waals surface area contributed by atoms with Crippen molar-refractivity contribution in [1.29, 1.82) is 0 Å². The molecule has 0 bridgehead atoms. The van der Waals surface area contributed by atoms with Crippen molar-refractivity contribution < 1.29 is 24.0 Å². The summed E-state index contributed by atoms with van der Waals surface area (Å²) in [6.45, 7) is 11.4. The Morgan fingerprint density at radius 3 is 2.15 bits per heavy atom. The third kappa shape index (κ3) is 7.31. The standard InChI is InChI=1S/C42H44ClN7O5/c1-44-36-12-11-32(21-35(36)43)47(2)30-9-5-29(6-10-30)45-39(52)26-3-7-31(8-4-26)49-17-15-25(16-18-49)22-48-23-27-19-33-34(20-28(27)24-48)42(55)50(41(33)54)37-13-14-38(51)46-40(37)53/h3-4,7-8,11-12,19-21,25,29-30,37H,5-6,9-10,13-18,22-24H2,2H3,(H,45,52)(H,46,51,53). The van der Waals surface area contributed by atoms with E-state index >= 15 is 0 Å². The van der Waals surface area contributed by atoms with Crippen LogP contribution in [0, 0.1) is 12.5 Å². The number of hydrogen-bond acceptors (Lipinski definition) is 8. The van der Waals surface area contributed by atoms with E-state index in [0.717, 1.165) is 85.6 Å². The highest BCUT2D eigenvalue weighted by Crippen LogP contribution is 2.36.